The standard InChI is InChI=1S/C15H22F2N2O/c1-20-15(8-4-2-3-5-9-15)14(19-18)12-7-6-11(16)10-13(12)17/h6-7,10,14,19H,2-5,8-9,18H2,1H3. The van der Waals surface area contributed by atoms with Gasteiger partial charge in [-0.05, 0) is 18.9 Å². The summed E-state index contributed by atoms with van der Waals surface area (Å²) in [6.07, 6.45) is 5.97. The van der Waals surface area contributed by atoms with Gasteiger partial charge in [-0.1, -0.05) is 31.7 Å². The molecule has 112 valence electrons. The van der Waals surface area contributed by atoms with E-state index in [-0.39, 0.29) is 0 Å². The number of rotatable bonds is 4. The van der Waals surface area contributed by atoms with Crippen molar-refractivity contribution in [1.82, 2.24) is 5.43 Å². The maximum Gasteiger partial charge on any atom is 0.131 e. The average Bonchev–Trinajstić information content (AvgIpc) is 2.68. The van der Waals surface area contributed by atoms with Crippen molar-refractivity contribution in [3.63, 3.8) is 0 Å². The van der Waals surface area contributed by atoms with Gasteiger partial charge in [0.25, 0.3) is 0 Å². The number of nitrogens with one attached hydrogen (secondary N) is 1. The van der Waals surface area contributed by atoms with Crippen LogP contribution in [-0.2, 0) is 4.74 Å². The smallest absolute Gasteiger partial charge is 0.131 e. The topological polar surface area (TPSA) is 47.3 Å². The van der Waals surface area contributed by atoms with Gasteiger partial charge in [-0.15, -0.1) is 0 Å². The summed E-state index contributed by atoms with van der Waals surface area (Å²) in [5, 5.41) is 0. The van der Waals surface area contributed by atoms with E-state index in [1.807, 2.05) is 0 Å². The number of hydrogen-bond donors (Lipinski definition) is 2. The van der Waals surface area contributed by atoms with E-state index in [9.17, 15) is 8.78 Å². The van der Waals surface area contributed by atoms with Crippen LogP contribution in [0.1, 0.15) is 50.1 Å². The lowest BCUT2D eigenvalue weighted by Crippen LogP contribution is -2.48. The molecule has 1 aromatic carbocycles. The normalized spacial score (nSPS) is 20.4. The molecule has 1 aliphatic carbocycles. The summed E-state index contributed by atoms with van der Waals surface area (Å²) < 4.78 is 32.9. The lowest BCUT2D eigenvalue weighted by molar-refractivity contribution is -0.0549. The predicted molar refractivity (Wildman–Crippen MR) is 73.9 cm³/mol. The van der Waals surface area contributed by atoms with Crippen LogP contribution in [0.15, 0.2) is 18.2 Å². The van der Waals surface area contributed by atoms with Crippen LogP contribution < -0.4 is 11.3 Å². The van der Waals surface area contributed by atoms with Crippen molar-refractivity contribution in [3.8, 4) is 0 Å². The molecule has 0 saturated heterocycles. The molecule has 3 N–H and O–H groups in total. The molecule has 5 heteroatoms. The average molecular weight is 284 g/mol. The fraction of sp³-hybridized carbons (Fsp3) is 0.600. The van der Waals surface area contributed by atoms with Crippen LogP contribution >= 0.6 is 0 Å². The van der Waals surface area contributed by atoms with Crippen LogP contribution in [0.4, 0.5) is 8.78 Å². The molecule has 20 heavy (non-hydrogen) atoms. The van der Waals surface area contributed by atoms with Crippen molar-refractivity contribution in [2.45, 2.75) is 50.2 Å². The summed E-state index contributed by atoms with van der Waals surface area (Å²) in [5.74, 6) is 4.49. The molecule has 0 aromatic heterocycles. The maximum atomic E-state index is 14.1. The van der Waals surface area contributed by atoms with Crippen LogP contribution in [0, 0.1) is 11.6 Å². The van der Waals surface area contributed by atoms with Gasteiger partial charge < -0.3 is 4.74 Å². The highest BCUT2D eigenvalue weighted by Crippen LogP contribution is 2.40. The third kappa shape index (κ3) is 3.00. The van der Waals surface area contributed by atoms with Gasteiger partial charge in [0.2, 0.25) is 0 Å². The van der Waals surface area contributed by atoms with E-state index < -0.39 is 23.3 Å². The number of nitrogens with two attached hydrogens (primary N) is 1. The molecule has 2 rings (SSSR count). The number of ether oxygens (including phenoxy) is 1. The van der Waals surface area contributed by atoms with E-state index in [1.165, 1.54) is 12.1 Å². The molecule has 0 radical (unpaired) electrons. The van der Waals surface area contributed by atoms with Gasteiger partial charge in [-0.2, -0.15) is 0 Å². The van der Waals surface area contributed by atoms with E-state index in [1.54, 1.807) is 7.11 Å². The highest BCUT2D eigenvalue weighted by atomic mass is 19.1. The molecule has 1 fully saturated rings. The van der Waals surface area contributed by atoms with Crippen molar-refractivity contribution in [2.24, 2.45) is 5.84 Å². The van der Waals surface area contributed by atoms with Crippen molar-refractivity contribution in [2.75, 3.05) is 7.11 Å². The Balaban J connectivity index is 2.37. The molecule has 0 bridgehead atoms. The van der Waals surface area contributed by atoms with Crippen molar-refractivity contribution in [3.05, 3.63) is 35.4 Å². The predicted octanol–water partition coefficient (Wildman–Crippen LogP) is 3.21. The van der Waals surface area contributed by atoms with Gasteiger partial charge in [0, 0.05) is 18.7 Å². The minimum absolute atomic E-state index is 0.359. The molecule has 0 amide bonds. The van der Waals surface area contributed by atoms with Crippen LogP contribution in [0.2, 0.25) is 0 Å². The van der Waals surface area contributed by atoms with E-state index >= 15 is 0 Å². The molecule has 1 unspecified atom stereocenters. The Labute approximate surface area is 118 Å². The van der Waals surface area contributed by atoms with E-state index in [0.717, 1.165) is 44.6 Å². The summed E-state index contributed by atoms with van der Waals surface area (Å²) in [6.45, 7) is 0. The Bertz CT molecular complexity index is 445. The minimum atomic E-state index is -0.589. The first-order valence-corrected chi connectivity index (χ1v) is 7.09. The molecular weight excluding hydrogens is 262 g/mol. The molecule has 0 heterocycles. The van der Waals surface area contributed by atoms with Gasteiger partial charge in [0.15, 0.2) is 0 Å². The summed E-state index contributed by atoms with van der Waals surface area (Å²) >= 11 is 0. The lowest BCUT2D eigenvalue weighted by Gasteiger charge is -2.39. The number of hydrogen-bond acceptors (Lipinski definition) is 3. The van der Waals surface area contributed by atoms with E-state index in [2.05, 4.69) is 5.43 Å². The highest BCUT2D eigenvalue weighted by molar-refractivity contribution is 5.25. The quantitative estimate of drug-likeness (QED) is 0.507. The van der Waals surface area contributed by atoms with Crippen LogP contribution in [-0.4, -0.2) is 12.7 Å². The summed E-state index contributed by atoms with van der Waals surface area (Å²) in [6, 6.07) is 3.11. The van der Waals surface area contributed by atoms with Gasteiger partial charge in [-0.25, -0.2) is 14.2 Å². The molecule has 1 atom stereocenters. The minimum Gasteiger partial charge on any atom is -0.376 e. The molecule has 0 aliphatic heterocycles. The van der Waals surface area contributed by atoms with Crippen LogP contribution in [0.3, 0.4) is 0 Å². The lowest BCUT2D eigenvalue weighted by atomic mass is 9.82. The summed E-state index contributed by atoms with van der Waals surface area (Å²) in [7, 11) is 1.64. The van der Waals surface area contributed by atoms with Crippen LogP contribution in [0.5, 0.6) is 0 Å². The second kappa shape index (κ2) is 6.61. The number of hydrazine groups is 1. The highest BCUT2D eigenvalue weighted by Gasteiger charge is 2.40. The fourth-order valence-electron chi connectivity index (χ4n) is 3.20. The Morgan fingerprint density at radius 2 is 1.85 bits per heavy atom. The molecule has 3 nitrogen and oxygen atoms in total. The number of methoxy groups -OCH3 is 1. The van der Waals surface area contributed by atoms with E-state index in [0.29, 0.717) is 5.56 Å². The fourth-order valence-corrected chi connectivity index (χ4v) is 3.20. The van der Waals surface area contributed by atoms with E-state index in [4.69, 9.17) is 10.6 Å². The zero-order valence-corrected chi connectivity index (χ0v) is 11.8. The largest absolute Gasteiger partial charge is 0.376 e. The summed E-state index contributed by atoms with van der Waals surface area (Å²) in [5.41, 5.74) is 2.50. The molecular formula is C15H22F2N2O. The first-order valence-electron chi connectivity index (χ1n) is 7.09. The first-order chi connectivity index (χ1) is 9.63. The van der Waals surface area contributed by atoms with Gasteiger partial charge in [0.05, 0.1) is 11.6 Å². The van der Waals surface area contributed by atoms with Gasteiger partial charge >= 0.3 is 0 Å². The zero-order chi connectivity index (χ0) is 14.6. The second-order valence-corrected chi connectivity index (χ2v) is 5.45. The van der Waals surface area contributed by atoms with Crippen LogP contribution in [0.25, 0.3) is 0 Å². The third-order valence-electron chi connectivity index (χ3n) is 4.32. The van der Waals surface area contributed by atoms with Gasteiger partial charge in [0.1, 0.15) is 11.6 Å². The molecule has 1 aromatic rings. The molecule has 1 saturated carbocycles. The Morgan fingerprint density at radius 3 is 2.35 bits per heavy atom. The monoisotopic (exact) mass is 284 g/mol. The Kier molecular flexibility index (Phi) is 5.07. The zero-order valence-electron chi connectivity index (χ0n) is 11.8. The van der Waals surface area contributed by atoms with Crippen molar-refractivity contribution in [1.29, 1.82) is 0 Å². The maximum absolute atomic E-state index is 14.1. The Hall–Kier alpha value is -1.04. The SMILES string of the molecule is COC1(C(NN)c2ccc(F)cc2F)CCCCCC1. The second-order valence-electron chi connectivity index (χ2n) is 5.45. The van der Waals surface area contributed by atoms with Gasteiger partial charge in [-0.3, -0.25) is 5.84 Å². The van der Waals surface area contributed by atoms with Crippen molar-refractivity contribution >= 4 is 0 Å². The molecule has 0 spiro atoms. The number of halogens is 2. The summed E-state index contributed by atoms with van der Waals surface area (Å²) in [4.78, 5) is 0. The first kappa shape index (κ1) is 15.4. The Morgan fingerprint density at radius 1 is 1.20 bits per heavy atom. The number of benzene rings is 1. The molecule has 1 aliphatic rings. The van der Waals surface area contributed by atoms with Crippen molar-refractivity contribution < 1.29 is 13.5 Å². The third-order valence-corrected chi connectivity index (χ3v) is 4.32.